The molecule has 0 saturated heterocycles. The van der Waals surface area contributed by atoms with Crippen molar-refractivity contribution in [3.05, 3.63) is 41.2 Å². The van der Waals surface area contributed by atoms with E-state index >= 15 is 0 Å². The SMILES string of the molecule is CCc1nc2n(n1)CCC[C@H]2NS(=O)(=O)c1c(Cl)nc2ccccn12. The molecule has 0 saturated carbocycles. The van der Waals surface area contributed by atoms with Crippen LogP contribution >= 0.6 is 11.6 Å². The molecule has 0 unspecified atom stereocenters. The molecule has 25 heavy (non-hydrogen) atoms. The molecule has 3 aromatic heterocycles. The molecular formula is C15H17ClN6O2S. The van der Waals surface area contributed by atoms with Crippen molar-refractivity contribution in [2.24, 2.45) is 0 Å². The smallest absolute Gasteiger partial charge is 0.260 e. The highest BCUT2D eigenvalue weighted by Crippen LogP contribution is 2.28. The Balaban J connectivity index is 1.73. The summed E-state index contributed by atoms with van der Waals surface area (Å²) in [7, 11) is -3.88. The highest BCUT2D eigenvalue weighted by molar-refractivity contribution is 7.89. The third-order valence-corrected chi connectivity index (χ3v) is 6.10. The number of hydrogen-bond acceptors (Lipinski definition) is 5. The minimum absolute atomic E-state index is 0.0507. The molecule has 8 nitrogen and oxygen atoms in total. The molecule has 0 radical (unpaired) electrons. The second kappa shape index (κ2) is 6.08. The summed E-state index contributed by atoms with van der Waals surface area (Å²) < 4.78 is 31.9. The third kappa shape index (κ3) is 2.82. The number of pyridine rings is 1. The van der Waals surface area contributed by atoms with Gasteiger partial charge in [0.05, 0.1) is 6.04 Å². The molecule has 1 atom stereocenters. The summed E-state index contributed by atoms with van der Waals surface area (Å²) in [5.41, 5.74) is 0.480. The summed E-state index contributed by atoms with van der Waals surface area (Å²) in [5.74, 6) is 1.37. The first-order chi connectivity index (χ1) is 12.0. The first kappa shape index (κ1) is 16.5. The zero-order valence-electron chi connectivity index (χ0n) is 13.6. The van der Waals surface area contributed by atoms with Crippen molar-refractivity contribution in [3.63, 3.8) is 0 Å². The quantitative estimate of drug-likeness (QED) is 0.746. The van der Waals surface area contributed by atoms with Crippen LogP contribution in [-0.2, 0) is 23.0 Å². The van der Waals surface area contributed by atoms with Crippen LogP contribution in [0.3, 0.4) is 0 Å². The standard InChI is InChI=1S/C15H17ClN6O2S/c1-2-11-17-14-10(6-5-9-22(14)19-11)20-25(23,24)15-13(16)18-12-7-3-4-8-21(12)15/h3-4,7-8,10,20H,2,5-6,9H2,1H3/t10-/m1/s1. The average molecular weight is 381 g/mol. The van der Waals surface area contributed by atoms with Gasteiger partial charge in [0.25, 0.3) is 10.0 Å². The Bertz CT molecular complexity index is 1040. The molecule has 1 aliphatic heterocycles. The van der Waals surface area contributed by atoms with Crippen LogP contribution in [0.15, 0.2) is 29.4 Å². The largest absolute Gasteiger partial charge is 0.288 e. The van der Waals surface area contributed by atoms with E-state index in [9.17, 15) is 8.42 Å². The van der Waals surface area contributed by atoms with Gasteiger partial charge in [0.15, 0.2) is 16.0 Å². The average Bonchev–Trinajstić information content (AvgIpc) is 3.15. The van der Waals surface area contributed by atoms with Crippen molar-refractivity contribution in [3.8, 4) is 0 Å². The van der Waals surface area contributed by atoms with E-state index in [1.54, 1.807) is 29.1 Å². The van der Waals surface area contributed by atoms with E-state index in [0.717, 1.165) is 13.0 Å². The van der Waals surface area contributed by atoms with Gasteiger partial charge in [-0.05, 0) is 25.0 Å². The summed E-state index contributed by atoms with van der Waals surface area (Å²) in [4.78, 5) is 8.58. The monoisotopic (exact) mass is 380 g/mol. The highest BCUT2D eigenvalue weighted by atomic mass is 35.5. The molecule has 0 amide bonds. The molecule has 1 N–H and O–H groups in total. The lowest BCUT2D eigenvalue weighted by molar-refractivity contribution is 0.399. The van der Waals surface area contributed by atoms with E-state index in [1.165, 1.54) is 4.40 Å². The van der Waals surface area contributed by atoms with Crippen molar-refractivity contribution in [2.45, 2.75) is 43.8 Å². The molecule has 0 aromatic carbocycles. The van der Waals surface area contributed by atoms with Gasteiger partial charge in [-0.3, -0.25) is 4.40 Å². The van der Waals surface area contributed by atoms with E-state index in [-0.39, 0.29) is 10.2 Å². The van der Waals surface area contributed by atoms with Crippen LogP contribution in [0.25, 0.3) is 5.65 Å². The van der Waals surface area contributed by atoms with E-state index < -0.39 is 16.1 Å². The van der Waals surface area contributed by atoms with Crippen LogP contribution in [0, 0.1) is 0 Å². The van der Waals surface area contributed by atoms with Crippen molar-refractivity contribution in [1.82, 2.24) is 28.9 Å². The molecule has 4 rings (SSSR count). The molecular weight excluding hydrogens is 364 g/mol. The minimum atomic E-state index is -3.88. The van der Waals surface area contributed by atoms with Crippen LogP contribution in [0.4, 0.5) is 0 Å². The Kier molecular flexibility index (Phi) is 4.01. The lowest BCUT2D eigenvalue weighted by atomic mass is 10.1. The van der Waals surface area contributed by atoms with Crippen LogP contribution in [0.1, 0.15) is 37.5 Å². The molecule has 10 heteroatoms. The summed E-state index contributed by atoms with van der Waals surface area (Å²) in [6.07, 6.45) is 3.82. The maximum atomic E-state index is 13.0. The van der Waals surface area contributed by atoms with Crippen LogP contribution in [0.5, 0.6) is 0 Å². The Morgan fingerprint density at radius 1 is 1.36 bits per heavy atom. The maximum absolute atomic E-state index is 13.0. The molecule has 0 spiro atoms. The fraction of sp³-hybridized carbons (Fsp3) is 0.400. The summed E-state index contributed by atoms with van der Waals surface area (Å²) >= 11 is 6.11. The normalized spacial score (nSPS) is 17.8. The topological polar surface area (TPSA) is 94.2 Å². The molecule has 0 bridgehead atoms. The fourth-order valence-electron chi connectivity index (χ4n) is 3.09. The molecule has 0 aliphatic carbocycles. The molecule has 132 valence electrons. The zero-order chi connectivity index (χ0) is 17.6. The van der Waals surface area contributed by atoms with E-state index in [0.29, 0.717) is 30.1 Å². The zero-order valence-corrected chi connectivity index (χ0v) is 15.1. The Labute approximate surface area is 149 Å². The first-order valence-corrected chi connectivity index (χ1v) is 9.94. The number of imidazole rings is 1. The number of hydrogen-bond donors (Lipinski definition) is 1. The number of sulfonamides is 1. The Morgan fingerprint density at radius 2 is 2.20 bits per heavy atom. The van der Waals surface area contributed by atoms with Gasteiger partial charge in [-0.1, -0.05) is 24.6 Å². The number of fused-ring (bicyclic) bond motifs is 2. The van der Waals surface area contributed by atoms with Crippen LogP contribution in [-0.4, -0.2) is 32.6 Å². The van der Waals surface area contributed by atoms with Gasteiger partial charge in [0.1, 0.15) is 11.5 Å². The van der Waals surface area contributed by atoms with Gasteiger partial charge in [-0.2, -0.15) is 9.82 Å². The van der Waals surface area contributed by atoms with E-state index in [1.807, 2.05) is 6.92 Å². The third-order valence-electron chi connectivity index (χ3n) is 4.23. The lowest BCUT2D eigenvalue weighted by Crippen LogP contribution is -2.34. The molecule has 0 fully saturated rings. The second-order valence-electron chi connectivity index (χ2n) is 5.92. The van der Waals surface area contributed by atoms with Crippen molar-refractivity contribution in [2.75, 3.05) is 0 Å². The predicted molar refractivity (Wildman–Crippen MR) is 91.9 cm³/mol. The van der Waals surface area contributed by atoms with Crippen LogP contribution < -0.4 is 4.72 Å². The maximum Gasteiger partial charge on any atom is 0.260 e. The molecule has 1 aliphatic rings. The van der Waals surface area contributed by atoms with Crippen molar-refractivity contribution in [1.29, 1.82) is 0 Å². The first-order valence-electron chi connectivity index (χ1n) is 8.08. The lowest BCUT2D eigenvalue weighted by Gasteiger charge is -2.22. The number of aryl methyl sites for hydroxylation is 2. The van der Waals surface area contributed by atoms with Gasteiger partial charge in [0, 0.05) is 19.2 Å². The van der Waals surface area contributed by atoms with Gasteiger partial charge >= 0.3 is 0 Å². The second-order valence-corrected chi connectivity index (χ2v) is 7.90. The summed E-state index contributed by atoms with van der Waals surface area (Å²) in [6, 6.07) is 4.78. The van der Waals surface area contributed by atoms with Gasteiger partial charge in [-0.15, -0.1) is 0 Å². The van der Waals surface area contributed by atoms with Gasteiger partial charge in [-0.25, -0.2) is 23.1 Å². The van der Waals surface area contributed by atoms with Crippen molar-refractivity contribution >= 4 is 27.3 Å². The highest BCUT2D eigenvalue weighted by Gasteiger charge is 2.32. The van der Waals surface area contributed by atoms with Crippen molar-refractivity contribution < 1.29 is 8.42 Å². The Hall–Kier alpha value is -1.97. The predicted octanol–water partition coefficient (Wildman–Crippen LogP) is 1.96. The molecule has 3 aromatic rings. The number of nitrogens with one attached hydrogen (secondary N) is 1. The fourth-order valence-corrected chi connectivity index (χ4v) is 4.96. The molecule has 4 heterocycles. The van der Waals surface area contributed by atoms with Gasteiger partial charge in [0.2, 0.25) is 0 Å². The summed E-state index contributed by atoms with van der Waals surface area (Å²) in [5, 5.41) is 4.30. The number of nitrogens with zero attached hydrogens (tertiary/aromatic N) is 5. The number of rotatable bonds is 4. The van der Waals surface area contributed by atoms with E-state index in [4.69, 9.17) is 11.6 Å². The van der Waals surface area contributed by atoms with E-state index in [2.05, 4.69) is 19.8 Å². The number of halogens is 1. The Morgan fingerprint density at radius 3 is 3.00 bits per heavy atom. The van der Waals surface area contributed by atoms with Gasteiger partial charge < -0.3 is 0 Å². The summed E-state index contributed by atoms with van der Waals surface area (Å²) in [6.45, 7) is 2.72. The van der Waals surface area contributed by atoms with Crippen LogP contribution in [0.2, 0.25) is 5.15 Å². The minimum Gasteiger partial charge on any atom is -0.288 e. The number of aromatic nitrogens is 5.